The van der Waals surface area contributed by atoms with Crippen LogP contribution in [-0.4, -0.2) is 41.4 Å². The molecular formula is C22H23ClN4O5S. The highest BCUT2D eigenvalue weighted by atomic mass is 35.5. The van der Waals surface area contributed by atoms with Crippen molar-refractivity contribution >= 4 is 44.1 Å². The topological polar surface area (TPSA) is 110 Å². The standard InChI is InChI=1S/C22H23ClN4O5S/c1-14-17(23)6-5-7-18(14)24-33(31,32)15-8-9-19-16(12-15)21(29)27(22(30)25(19)2)13-20(28)26-10-3-4-11-26/h5-9,12,24H,3-4,10-11,13H2,1-2H3. The van der Waals surface area contributed by atoms with Gasteiger partial charge in [-0.2, -0.15) is 0 Å². The van der Waals surface area contributed by atoms with E-state index in [2.05, 4.69) is 4.72 Å². The van der Waals surface area contributed by atoms with Crippen molar-refractivity contribution in [3.05, 3.63) is 67.8 Å². The minimum Gasteiger partial charge on any atom is -0.341 e. The van der Waals surface area contributed by atoms with Gasteiger partial charge in [-0.05, 0) is 55.7 Å². The van der Waals surface area contributed by atoms with E-state index >= 15 is 0 Å². The third-order valence-corrected chi connectivity index (χ3v) is 7.67. The zero-order valence-electron chi connectivity index (χ0n) is 18.2. The number of likely N-dealkylation sites (tertiary alicyclic amines) is 1. The molecule has 0 atom stereocenters. The third kappa shape index (κ3) is 4.28. The number of sulfonamides is 1. The monoisotopic (exact) mass is 490 g/mol. The van der Waals surface area contributed by atoms with E-state index in [-0.39, 0.29) is 21.7 Å². The summed E-state index contributed by atoms with van der Waals surface area (Å²) in [7, 11) is -2.58. The van der Waals surface area contributed by atoms with Gasteiger partial charge in [0.1, 0.15) is 6.54 Å². The lowest BCUT2D eigenvalue weighted by molar-refractivity contribution is -0.130. The van der Waals surface area contributed by atoms with Crippen LogP contribution in [-0.2, 0) is 28.4 Å². The summed E-state index contributed by atoms with van der Waals surface area (Å²) >= 11 is 6.08. The fourth-order valence-corrected chi connectivity index (χ4v) is 5.25. The molecule has 0 spiro atoms. The van der Waals surface area contributed by atoms with Crippen molar-refractivity contribution < 1.29 is 13.2 Å². The average molecular weight is 491 g/mol. The number of nitrogens with zero attached hydrogens (tertiary/aromatic N) is 3. The predicted molar refractivity (Wildman–Crippen MR) is 126 cm³/mol. The molecule has 1 aliphatic rings. The zero-order valence-corrected chi connectivity index (χ0v) is 19.7. The number of fused-ring (bicyclic) bond motifs is 1. The van der Waals surface area contributed by atoms with Crippen molar-refractivity contribution in [2.45, 2.75) is 31.2 Å². The van der Waals surface area contributed by atoms with Crippen LogP contribution in [0, 0.1) is 6.92 Å². The van der Waals surface area contributed by atoms with Crippen LogP contribution in [0.15, 0.2) is 50.9 Å². The molecule has 1 N–H and O–H groups in total. The van der Waals surface area contributed by atoms with Crippen LogP contribution in [0.4, 0.5) is 5.69 Å². The molecule has 0 unspecified atom stereocenters. The smallest absolute Gasteiger partial charge is 0.331 e. The van der Waals surface area contributed by atoms with Crippen LogP contribution in [0.5, 0.6) is 0 Å². The lowest BCUT2D eigenvalue weighted by Crippen LogP contribution is -2.43. The van der Waals surface area contributed by atoms with Gasteiger partial charge in [0.15, 0.2) is 0 Å². The van der Waals surface area contributed by atoms with E-state index in [4.69, 9.17) is 11.6 Å². The molecule has 11 heteroatoms. The SMILES string of the molecule is Cc1c(Cl)cccc1NS(=O)(=O)c1ccc2c(c1)c(=O)n(CC(=O)N1CCCC1)c(=O)n2C. The highest BCUT2D eigenvalue weighted by Gasteiger charge is 2.22. The molecule has 2 aromatic carbocycles. The zero-order chi connectivity index (χ0) is 23.9. The second-order valence-corrected chi connectivity index (χ2v) is 10.1. The van der Waals surface area contributed by atoms with Gasteiger partial charge in [0, 0.05) is 25.2 Å². The maximum atomic E-state index is 13.1. The second kappa shape index (κ2) is 8.68. The molecule has 0 radical (unpaired) electrons. The molecule has 3 aromatic rings. The fourth-order valence-electron chi connectivity index (χ4n) is 3.93. The molecule has 1 amide bonds. The lowest BCUT2D eigenvalue weighted by atomic mass is 10.2. The molecule has 2 heterocycles. The maximum Gasteiger partial charge on any atom is 0.331 e. The number of rotatable bonds is 5. The number of nitrogens with one attached hydrogen (secondary N) is 1. The number of halogens is 1. The fraction of sp³-hybridized carbons (Fsp3) is 0.318. The van der Waals surface area contributed by atoms with Crippen LogP contribution in [0.25, 0.3) is 10.9 Å². The van der Waals surface area contributed by atoms with Gasteiger partial charge in [-0.25, -0.2) is 13.2 Å². The van der Waals surface area contributed by atoms with Crippen LogP contribution < -0.4 is 16.0 Å². The van der Waals surface area contributed by atoms with Gasteiger partial charge in [0.25, 0.3) is 15.6 Å². The largest absolute Gasteiger partial charge is 0.341 e. The van der Waals surface area contributed by atoms with E-state index in [1.54, 1.807) is 30.0 Å². The molecule has 174 valence electrons. The van der Waals surface area contributed by atoms with Crippen LogP contribution in [0.3, 0.4) is 0 Å². The highest BCUT2D eigenvalue weighted by Crippen LogP contribution is 2.26. The van der Waals surface area contributed by atoms with Crippen molar-refractivity contribution in [1.82, 2.24) is 14.0 Å². The summed E-state index contributed by atoms with van der Waals surface area (Å²) in [6, 6.07) is 8.81. The van der Waals surface area contributed by atoms with E-state index in [0.29, 0.717) is 29.4 Å². The van der Waals surface area contributed by atoms with Gasteiger partial charge < -0.3 is 4.90 Å². The Morgan fingerprint density at radius 1 is 1.12 bits per heavy atom. The number of aromatic nitrogens is 2. The summed E-state index contributed by atoms with van der Waals surface area (Å²) in [4.78, 5) is 39.9. The summed E-state index contributed by atoms with van der Waals surface area (Å²) in [5.41, 5.74) is -0.196. The van der Waals surface area contributed by atoms with Gasteiger partial charge >= 0.3 is 5.69 Å². The molecule has 1 saturated heterocycles. The number of carbonyl (C=O) groups excluding carboxylic acids is 1. The average Bonchev–Trinajstić information content (AvgIpc) is 3.33. The van der Waals surface area contributed by atoms with Gasteiger partial charge in [-0.15, -0.1) is 0 Å². The molecule has 33 heavy (non-hydrogen) atoms. The molecular weight excluding hydrogens is 468 g/mol. The Hall–Kier alpha value is -3.11. The first-order valence-electron chi connectivity index (χ1n) is 10.4. The number of benzene rings is 2. The molecule has 0 saturated carbocycles. The second-order valence-electron chi connectivity index (χ2n) is 8.02. The number of hydrogen-bond donors (Lipinski definition) is 1. The quantitative estimate of drug-likeness (QED) is 0.588. The molecule has 4 rings (SSSR count). The third-order valence-electron chi connectivity index (χ3n) is 5.90. The summed E-state index contributed by atoms with van der Waals surface area (Å²) in [5.74, 6) is -0.312. The van der Waals surface area contributed by atoms with Gasteiger partial charge in [-0.1, -0.05) is 17.7 Å². The van der Waals surface area contributed by atoms with Crippen molar-refractivity contribution in [1.29, 1.82) is 0 Å². The Labute approximate surface area is 195 Å². The van der Waals surface area contributed by atoms with Crippen LogP contribution >= 0.6 is 11.6 Å². The summed E-state index contributed by atoms with van der Waals surface area (Å²) in [6.07, 6.45) is 1.77. The number of hydrogen-bond acceptors (Lipinski definition) is 5. The molecule has 0 aliphatic carbocycles. The number of carbonyl (C=O) groups is 1. The molecule has 0 bridgehead atoms. The predicted octanol–water partition coefficient (Wildman–Crippen LogP) is 2.09. The maximum absolute atomic E-state index is 13.1. The van der Waals surface area contributed by atoms with E-state index in [0.717, 1.165) is 17.4 Å². The van der Waals surface area contributed by atoms with Gasteiger partial charge in [-0.3, -0.25) is 23.4 Å². The van der Waals surface area contributed by atoms with Crippen molar-refractivity contribution in [3.63, 3.8) is 0 Å². The Morgan fingerprint density at radius 3 is 2.52 bits per heavy atom. The first-order chi connectivity index (χ1) is 15.6. The van der Waals surface area contributed by atoms with Crippen molar-refractivity contribution in [2.24, 2.45) is 7.05 Å². The van der Waals surface area contributed by atoms with E-state index < -0.39 is 27.8 Å². The lowest BCUT2D eigenvalue weighted by Gasteiger charge is -2.17. The van der Waals surface area contributed by atoms with Crippen LogP contribution in [0.2, 0.25) is 5.02 Å². The van der Waals surface area contributed by atoms with E-state index in [1.165, 1.54) is 29.8 Å². The first kappa shape index (κ1) is 23.1. The minimum atomic E-state index is -4.05. The Morgan fingerprint density at radius 2 is 1.82 bits per heavy atom. The van der Waals surface area contributed by atoms with Gasteiger partial charge in [0.05, 0.1) is 21.5 Å². The highest BCUT2D eigenvalue weighted by molar-refractivity contribution is 7.92. The number of anilines is 1. The van der Waals surface area contributed by atoms with E-state index in [9.17, 15) is 22.8 Å². The molecule has 1 aromatic heterocycles. The Kier molecular flexibility index (Phi) is 6.06. The minimum absolute atomic E-state index is 0.0250. The summed E-state index contributed by atoms with van der Waals surface area (Å²) < 4.78 is 30.6. The Bertz CT molecular complexity index is 1490. The Balaban J connectivity index is 1.77. The van der Waals surface area contributed by atoms with E-state index in [1.807, 2.05) is 0 Å². The van der Waals surface area contributed by atoms with Crippen molar-refractivity contribution in [3.8, 4) is 0 Å². The number of aryl methyl sites for hydroxylation is 1. The van der Waals surface area contributed by atoms with Crippen LogP contribution in [0.1, 0.15) is 18.4 Å². The summed E-state index contributed by atoms with van der Waals surface area (Å²) in [6.45, 7) is 2.49. The van der Waals surface area contributed by atoms with Crippen molar-refractivity contribution in [2.75, 3.05) is 17.8 Å². The first-order valence-corrected chi connectivity index (χ1v) is 12.3. The molecule has 9 nitrogen and oxygen atoms in total. The van der Waals surface area contributed by atoms with Gasteiger partial charge in [0.2, 0.25) is 5.91 Å². The number of amides is 1. The molecule has 1 aliphatic heterocycles. The normalized spacial score (nSPS) is 14.1. The summed E-state index contributed by atoms with van der Waals surface area (Å²) in [5, 5.41) is 0.436. The molecule has 1 fully saturated rings.